The lowest BCUT2D eigenvalue weighted by Gasteiger charge is -2.33. The van der Waals surface area contributed by atoms with Crippen LogP contribution in [0.2, 0.25) is 0 Å². The summed E-state index contributed by atoms with van der Waals surface area (Å²) in [6, 6.07) is 17.2. The van der Waals surface area contributed by atoms with Gasteiger partial charge in [-0.3, -0.25) is 5.32 Å². The molecule has 0 saturated carbocycles. The Kier molecular flexibility index (Phi) is 3.15. The van der Waals surface area contributed by atoms with Crippen LogP contribution in [0.1, 0.15) is 37.9 Å². The van der Waals surface area contributed by atoms with Crippen LogP contribution in [0.15, 0.2) is 48.5 Å². The van der Waals surface area contributed by atoms with E-state index in [1.807, 2.05) is 20.8 Å². The molecule has 2 aromatic carbocycles. The third kappa shape index (κ3) is 2.05. The molecule has 0 spiro atoms. The zero-order valence-corrected chi connectivity index (χ0v) is 12.2. The van der Waals surface area contributed by atoms with E-state index in [0.29, 0.717) is 0 Å². The molecule has 0 radical (unpaired) electrons. The highest BCUT2D eigenvalue weighted by atomic mass is 16.3. The maximum absolute atomic E-state index is 9.97. The van der Waals surface area contributed by atoms with Crippen molar-refractivity contribution in [1.29, 1.82) is 0 Å². The normalized spacial score (nSPS) is 15.8. The molecule has 2 heteroatoms. The van der Waals surface area contributed by atoms with Crippen LogP contribution in [0, 0.1) is 0 Å². The Morgan fingerprint density at radius 2 is 1.40 bits per heavy atom. The largest absolute Gasteiger partial charge is 0.392 e. The number of nitrogens with one attached hydrogen (secondary N) is 1. The van der Waals surface area contributed by atoms with E-state index in [1.54, 1.807) is 0 Å². The van der Waals surface area contributed by atoms with Crippen molar-refractivity contribution in [1.82, 2.24) is 5.32 Å². The van der Waals surface area contributed by atoms with Crippen molar-refractivity contribution in [2.75, 3.05) is 0 Å². The zero-order valence-electron chi connectivity index (χ0n) is 12.2. The minimum absolute atomic E-state index is 0.145. The predicted octanol–water partition coefficient (Wildman–Crippen LogP) is 3.51. The number of fused-ring (bicyclic) bond motifs is 3. The molecule has 2 nitrogen and oxygen atoms in total. The average molecular weight is 267 g/mol. The summed E-state index contributed by atoms with van der Waals surface area (Å²) in [5, 5.41) is 13.6. The summed E-state index contributed by atoms with van der Waals surface area (Å²) in [7, 11) is 0. The molecule has 2 aromatic rings. The fourth-order valence-corrected chi connectivity index (χ4v) is 2.80. The SMILES string of the molecule is CC(O)C(C)(C)NC1c2ccccc2-c2ccccc21. The number of aliphatic hydroxyl groups is 1. The third-order valence-electron chi connectivity index (χ3n) is 4.39. The van der Waals surface area contributed by atoms with Gasteiger partial charge in [-0.15, -0.1) is 0 Å². The van der Waals surface area contributed by atoms with Crippen molar-refractivity contribution in [2.24, 2.45) is 0 Å². The molecule has 1 aliphatic carbocycles. The highest BCUT2D eigenvalue weighted by Crippen LogP contribution is 2.43. The number of aliphatic hydroxyl groups excluding tert-OH is 1. The Bertz CT molecular complexity index is 585. The number of rotatable bonds is 3. The molecule has 104 valence electrons. The Hall–Kier alpha value is -1.64. The van der Waals surface area contributed by atoms with Gasteiger partial charge in [-0.05, 0) is 43.0 Å². The maximum Gasteiger partial charge on any atom is 0.0688 e. The summed E-state index contributed by atoms with van der Waals surface area (Å²) in [4.78, 5) is 0. The van der Waals surface area contributed by atoms with Gasteiger partial charge in [-0.1, -0.05) is 48.5 Å². The van der Waals surface area contributed by atoms with Crippen LogP contribution in [0.5, 0.6) is 0 Å². The van der Waals surface area contributed by atoms with Crippen LogP contribution in [-0.4, -0.2) is 16.7 Å². The monoisotopic (exact) mass is 267 g/mol. The van der Waals surface area contributed by atoms with Crippen LogP contribution >= 0.6 is 0 Å². The van der Waals surface area contributed by atoms with Gasteiger partial charge < -0.3 is 5.11 Å². The van der Waals surface area contributed by atoms with Crippen molar-refractivity contribution < 1.29 is 5.11 Å². The van der Waals surface area contributed by atoms with Crippen LogP contribution in [-0.2, 0) is 0 Å². The fraction of sp³-hybridized carbons (Fsp3) is 0.333. The van der Waals surface area contributed by atoms with E-state index in [1.165, 1.54) is 22.3 Å². The number of benzene rings is 2. The zero-order chi connectivity index (χ0) is 14.3. The lowest BCUT2D eigenvalue weighted by atomic mass is 9.94. The summed E-state index contributed by atoms with van der Waals surface area (Å²) in [6.07, 6.45) is -0.414. The van der Waals surface area contributed by atoms with Gasteiger partial charge in [0.1, 0.15) is 0 Å². The van der Waals surface area contributed by atoms with Crippen molar-refractivity contribution in [3.63, 3.8) is 0 Å². The quantitative estimate of drug-likeness (QED) is 0.892. The van der Waals surface area contributed by atoms with Gasteiger partial charge in [0.25, 0.3) is 0 Å². The van der Waals surface area contributed by atoms with Crippen LogP contribution < -0.4 is 5.32 Å². The lowest BCUT2D eigenvalue weighted by Crippen LogP contribution is -2.49. The van der Waals surface area contributed by atoms with Gasteiger partial charge in [0.05, 0.1) is 12.1 Å². The molecule has 0 aliphatic heterocycles. The summed E-state index contributed by atoms with van der Waals surface area (Å²) >= 11 is 0. The van der Waals surface area contributed by atoms with Crippen LogP contribution in [0.25, 0.3) is 11.1 Å². The summed E-state index contributed by atoms with van der Waals surface area (Å²) in [5.74, 6) is 0. The first-order valence-corrected chi connectivity index (χ1v) is 7.14. The molecule has 0 heterocycles. The Labute approximate surface area is 120 Å². The minimum Gasteiger partial charge on any atom is -0.392 e. The Balaban J connectivity index is 2.08. The van der Waals surface area contributed by atoms with Crippen molar-refractivity contribution in [2.45, 2.75) is 38.5 Å². The lowest BCUT2D eigenvalue weighted by molar-refractivity contribution is 0.0916. The van der Waals surface area contributed by atoms with Crippen molar-refractivity contribution >= 4 is 0 Å². The number of hydrogen-bond donors (Lipinski definition) is 2. The van der Waals surface area contributed by atoms with Gasteiger partial charge in [-0.25, -0.2) is 0 Å². The van der Waals surface area contributed by atoms with E-state index < -0.39 is 6.10 Å². The maximum atomic E-state index is 9.97. The van der Waals surface area contributed by atoms with Crippen LogP contribution in [0.4, 0.5) is 0 Å². The summed E-state index contributed by atoms with van der Waals surface area (Å²) in [5.41, 5.74) is 4.84. The second-order valence-corrected chi connectivity index (χ2v) is 6.15. The molecule has 1 unspecified atom stereocenters. The molecule has 0 aromatic heterocycles. The standard InChI is InChI=1S/C18H21NO/c1-12(20)18(2,3)19-17-15-10-6-4-8-13(15)14-9-5-7-11-16(14)17/h4-12,17,19-20H,1-3H3. The topological polar surface area (TPSA) is 32.3 Å². The highest BCUT2D eigenvalue weighted by Gasteiger charge is 2.34. The van der Waals surface area contributed by atoms with E-state index in [4.69, 9.17) is 0 Å². The smallest absolute Gasteiger partial charge is 0.0688 e. The average Bonchev–Trinajstić information content (AvgIpc) is 2.74. The summed E-state index contributed by atoms with van der Waals surface area (Å²) in [6.45, 7) is 5.92. The van der Waals surface area contributed by atoms with Crippen molar-refractivity contribution in [3.8, 4) is 11.1 Å². The molecule has 1 atom stereocenters. The highest BCUT2D eigenvalue weighted by molar-refractivity contribution is 5.78. The molecule has 20 heavy (non-hydrogen) atoms. The first-order valence-electron chi connectivity index (χ1n) is 7.14. The molecular formula is C18H21NO. The second kappa shape index (κ2) is 4.72. The predicted molar refractivity (Wildman–Crippen MR) is 82.6 cm³/mol. The first kappa shape index (κ1) is 13.3. The van der Waals surface area contributed by atoms with Crippen LogP contribution in [0.3, 0.4) is 0 Å². The van der Waals surface area contributed by atoms with E-state index in [0.717, 1.165) is 0 Å². The molecule has 0 fully saturated rings. The number of hydrogen-bond acceptors (Lipinski definition) is 2. The van der Waals surface area contributed by atoms with Gasteiger partial charge >= 0.3 is 0 Å². The molecule has 0 saturated heterocycles. The van der Waals surface area contributed by atoms with E-state index in [-0.39, 0.29) is 11.6 Å². The minimum atomic E-state index is -0.414. The first-order chi connectivity index (χ1) is 9.50. The third-order valence-corrected chi connectivity index (χ3v) is 4.39. The Morgan fingerprint density at radius 1 is 0.950 bits per heavy atom. The molecule has 3 rings (SSSR count). The molecule has 0 bridgehead atoms. The second-order valence-electron chi connectivity index (χ2n) is 6.15. The van der Waals surface area contributed by atoms with E-state index in [2.05, 4.69) is 53.8 Å². The molecule has 0 amide bonds. The molecular weight excluding hydrogens is 246 g/mol. The van der Waals surface area contributed by atoms with Gasteiger partial charge in [0, 0.05) is 5.54 Å². The van der Waals surface area contributed by atoms with Gasteiger partial charge in [0.15, 0.2) is 0 Å². The van der Waals surface area contributed by atoms with E-state index >= 15 is 0 Å². The van der Waals surface area contributed by atoms with E-state index in [9.17, 15) is 5.11 Å². The molecule has 2 N–H and O–H groups in total. The van der Waals surface area contributed by atoms with Crippen molar-refractivity contribution in [3.05, 3.63) is 59.7 Å². The summed E-state index contributed by atoms with van der Waals surface area (Å²) < 4.78 is 0. The Morgan fingerprint density at radius 3 is 1.85 bits per heavy atom. The van der Waals surface area contributed by atoms with Gasteiger partial charge in [-0.2, -0.15) is 0 Å². The van der Waals surface area contributed by atoms with Gasteiger partial charge in [0.2, 0.25) is 0 Å². The molecule has 1 aliphatic rings. The fourth-order valence-electron chi connectivity index (χ4n) is 2.80.